The number of aromatic nitrogens is 2. The first kappa shape index (κ1) is 16.6. The zero-order valence-electron chi connectivity index (χ0n) is 14.5. The van der Waals surface area contributed by atoms with Crippen molar-refractivity contribution in [2.75, 3.05) is 18.0 Å². The van der Waals surface area contributed by atoms with Gasteiger partial charge in [0.25, 0.3) is 0 Å². The fraction of sp³-hybridized carbons (Fsp3) is 0.444. The Balaban J connectivity index is 1.76. The second kappa shape index (κ2) is 6.12. The number of aryl methyl sites for hydroxylation is 1. The van der Waals surface area contributed by atoms with Gasteiger partial charge in [0.1, 0.15) is 12.3 Å². The molecular formula is C18H20N4O4. The maximum atomic E-state index is 12.7. The molecule has 0 radical (unpaired) electrons. The third-order valence-electron chi connectivity index (χ3n) is 5.38. The Bertz CT molecular complexity index is 973. The van der Waals surface area contributed by atoms with Gasteiger partial charge in [-0.25, -0.2) is 4.79 Å². The van der Waals surface area contributed by atoms with Crippen LogP contribution >= 0.6 is 0 Å². The molecule has 1 N–H and O–H groups in total. The average molecular weight is 356 g/mol. The minimum Gasteiger partial charge on any atom is -0.371 e. The van der Waals surface area contributed by atoms with Gasteiger partial charge in [0.05, 0.1) is 11.0 Å². The SMILES string of the molecule is Cn1c(=O)n(C2CCC(=O)NC2=O)c2ccc(N3CC[C@H](C=O)C3)cc21. The highest BCUT2D eigenvalue weighted by molar-refractivity contribution is 6.00. The van der Waals surface area contributed by atoms with Crippen molar-refractivity contribution >= 4 is 34.8 Å². The Hall–Kier alpha value is -2.90. The smallest absolute Gasteiger partial charge is 0.329 e. The summed E-state index contributed by atoms with van der Waals surface area (Å²) in [6, 6.07) is 4.99. The van der Waals surface area contributed by atoms with Crippen LogP contribution in [0.25, 0.3) is 11.0 Å². The molecule has 0 aliphatic carbocycles. The van der Waals surface area contributed by atoms with Gasteiger partial charge in [0.15, 0.2) is 0 Å². The molecule has 1 unspecified atom stereocenters. The zero-order chi connectivity index (χ0) is 18.4. The number of aldehydes is 1. The van der Waals surface area contributed by atoms with Crippen molar-refractivity contribution in [1.29, 1.82) is 0 Å². The van der Waals surface area contributed by atoms with E-state index < -0.39 is 11.9 Å². The highest BCUT2D eigenvalue weighted by atomic mass is 16.2. The number of imidazole rings is 1. The fourth-order valence-corrected chi connectivity index (χ4v) is 3.91. The summed E-state index contributed by atoms with van der Waals surface area (Å²) in [5.41, 5.74) is 2.07. The van der Waals surface area contributed by atoms with E-state index in [9.17, 15) is 19.2 Å². The molecule has 8 heteroatoms. The lowest BCUT2D eigenvalue weighted by molar-refractivity contribution is -0.135. The molecule has 0 bridgehead atoms. The number of anilines is 1. The molecule has 2 aromatic rings. The van der Waals surface area contributed by atoms with E-state index in [2.05, 4.69) is 10.2 Å². The maximum Gasteiger partial charge on any atom is 0.329 e. The van der Waals surface area contributed by atoms with Crippen molar-refractivity contribution in [3.05, 3.63) is 28.7 Å². The second-order valence-corrected chi connectivity index (χ2v) is 6.98. The number of carbonyl (C=O) groups excluding carboxylic acids is 3. The van der Waals surface area contributed by atoms with Crippen molar-refractivity contribution in [3.63, 3.8) is 0 Å². The van der Waals surface area contributed by atoms with E-state index in [1.165, 1.54) is 9.13 Å². The van der Waals surface area contributed by atoms with Crippen LogP contribution in [0, 0.1) is 5.92 Å². The minimum atomic E-state index is -0.680. The van der Waals surface area contributed by atoms with Gasteiger partial charge < -0.3 is 9.69 Å². The number of piperidine rings is 1. The van der Waals surface area contributed by atoms with E-state index in [1.807, 2.05) is 18.2 Å². The second-order valence-electron chi connectivity index (χ2n) is 6.98. The fourth-order valence-electron chi connectivity index (χ4n) is 3.91. The monoisotopic (exact) mass is 356 g/mol. The lowest BCUT2D eigenvalue weighted by Crippen LogP contribution is -2.44. The van der Waals surface area contributed by atoms with Gasteiger partial charge in [-0.15, -0.1) is 0 Å². The van der Waals surface area contributed by atoms with Gasteiger partial charge in [-0.2, -0.15) is 0 Å². The van der Waals surface area contributed by atoms with E-state index in [4.69, 9.17) is 0 Å². The van der Waals surface area contributed by atoms with E-state index in [0.717, 1.165) is 30.5 Å². The summed E-state index contributed by atoms with van der Waals surface area (Å²) in [4.78, 5) is 49.5. The Labute approximate surface area is 149 Å². The molecule has 4 rings (SSSR count). The summed E-state index contributed by atoms with van der Waals surface area (Å²) in [5, 5.41) is 2.31. The first-order valence-electron chi connectivity index (χ1n) is 8.74. The molecule has 1 aromatic heterocycles. The van der Waals surface area contributed by atoms with Gasteiger partial charge in [0, 0.05) is 38.2 Å². The van der Waals surface area contributed by atoms with Crippen molar-refractivity contribution in [1.82, 2.24) is 14.5 Å². The van der Waals surface area contributed by atoms with Gasteiger partial charge in [-0.05, 0) is 31.0 Å². The minimum absolute atomic E-state index is 0.0441. The predicted molar refractivity (Wildman–Crippen MR) is 95.0 cm³/mol. The maximum absolute atomic E-state index is 12.7. The molecule has 0 saturated carbocycles. The van der Waals surface area contributed by atoms with Gasteiger partial charge in [-0.3, -0.25) is 24.0 Å². The van der Waals surface area contributed by atoms with Crippen LogP contribution in [0.4, 0.5) is 5.69 Å². The number of benzene rings is 1. The number of imide groups is 1. The third-order valence-corrected chi connectivity index (χ3v) is 5.38. The summed E-state index contributed by atoms with van der Waals surface area (Å²) in [5.74, 6) is -0.698. The number of nitrogens with one attached hydrogen (secondary N) is 1. The first-order chi connectivity index (χ1) is 12.5. The number of hydrogen-bond donors (Lipinski definition) is 1. The summed E-state index contributed by atoms with van der Waals surface area (Å²) in [6.07, 6.45) is 2.36. The van der Waals surface area contributed by atoms with Crippen LogP contribution in [0.5, 0.6) is 0 Å². The Morgan fingerprint density at radius 1 is 1.15 bits per heavy atom. The normalized spacial score (nSPS) is 23.5. The highest BCUT2D eigenvalue weighted by Crippen LogP contribution is 2.28. The van der Waals surface area contributed by atoms with E-state index in [0.29, 0.717) is 18.5 Å². The van der Waals surface area contributed by atoms with Gasteiger partial charge in [-0.1, -0.05) is 0 Å². The lowest BCUT2D eigenvalue weighted by atomic mass is 10.1. The molecule has 1 aromatic carbocycles. The Kier molecular flexibility index (Phi) is 3.90. The van der Waals surface area contributed by atoms with Crippen LogP contribution in [0.15, 0.2) is 23.0 Å². The Morgan fingerprint density at radius 2 is 1.96 bits per heavy atom. The molecule has 2 aliphatic heterocycles. The number of hydrogen-bond acceptors (Lipinski definition) is 5. The van der Waals surface area contributed by atoms with Gasteiger partial charge in [0.2, 0.25) is 11.8 Å². The number of amides is 2. The van der Waals surface area contributed by atoms with Gasteiger partial charge >= 0.3 is 5.69 Å². The zero-order valence-corrected chi connectivity index (χ0v) is 14.5. The topological polar surface area (TPSA) is 93.4 Å². The average Bonchev–Trinajstić information content (AvgIpc) is 3.20. The molecule has 2 saturated heterocycles. The molecule has 0 spiro atoms. The molecular weight excluding hydrogens is 336 g/mol. The van der Waals surface area contributed by atoms with Crippen LogP contribution in [0.1, 0.15) is 25.3 Å². The van der Waals surface area contributed by atoms with Crippen LogP contribution in [-0.4, -0.2) is 40.3 Å². The number of rotatable bonds is 3. The van der Waals surface area contributed by atoms with E-state index in [1.54, 1.807) is 7.05 Å². The molecule has 3 heterocycles. The van der Waals surface area contributed by atoms with Crippen molar-refractivity contribution < 1.29 is 14.4 Å². The van der Waals surface area contributed by atoms with Crippen molar-refractivity contribution in [2.24, 2.45) is 13.0 Å². The van der Waals surface area contributed by atoms with Crippen molar-refractivity contribution in [3.8, 4) is 0 Å². The number of nitrogens with zero attached hydrogens (tertiary/aromatic N) is 3. The summed E-state index contributed by atoms with van der Waals surface area (Å²) < 4.78 is 2.99. The lowest BCUT2D eigenvalue weighted by Gasteiger charge is -2.22. The van der Waals surface area contributed by atoms with E-state index in [-0.39, 0.29) is 23.9 Å². The van der Waals surface area contributed by atoms with Crippen LogP contribution in [0.3, 0.4) is 0 Å². The predicted octanol–water partition coefficient (Wildman–Crippen LogP) is 0.343. The van der Waals surface area contributed by atoms with Crippen LogP contribution < -0.4 is 15.9 Å². The molecule has 2 aliphatic rings. The molecule has 2 fully saturated rings. The highest BCUT2D eigenvalue weighted by Gasteiger charge is 2.31. The standard InChI is InChI=1S/C18H20N4O4/c1-20-15-8-12(21-7-6-11(9-21)10-23)2-3-13(15)22(18(20)26)14-4-5-16(24)19-17(14)25/h2-3,8,10-11,14H,4-7,9H2,1H3,(H,19,24,25)/t11-,14?/m0/s1. The molecule has 26 heavy (non-hydrogen) atoms. The molecule has 2 atom stereocenters. The Morgan fingerprint density at radius 3 is 2.65 bits per heavy atom. The molecule has 2 amide bonds. The molecule has 8 nitrogen and oxygen atoms in total. The quantitative estimate of drug-likeness (QED) is 0.632. The molecule has 136 valence electrons. The summed E-state index contributed by atoms with van der Waals surface area (Å²) in [6.45, 7) is 1.48. The number of fused-ring (bicyclic) bond motifs is 1. The van der Waals surface area contributed by atoms with Crippen LogP contribution in [-0.2, 0) is 21.4 Å². The van der Waals surface area contributed by atoms with E-state index >= 15 is 0 Å². The van der Waals surface area contributed by atoms with Crippen molar-refractivity contribution in [2.45, 2.75) is 25.3 Å². The van der Waals surface area contributed by atoms with Crippen LogP contribution in [0.2, 0.25) is 0 Å². The largest absolute Gasteiger partial charge is 0.371 e. The summed E-state index contributed by atoms with van der Waals surface area (Å²) >= 11 is 0. The third kappa shape index (κ3) is 2.53. The summed E-state index contributed by atoms with van der Waals surface area (Å²) in [7, 11) is 1.68. The first-order valence-corrected chi connectivity index (χ1v) is 8.74. The number of carbonyl (C=O) groups is 3.